The summed E-state index contributed by atoms with van der Waals surface area (Å²) < 4.78 is 0. The zero-order valence-corrected chi connectivity index (χ0v) is 15.6. The number of hydrogen-bond donors (Lipinski definition) is 1. The van der Waals surface area contributed by atoms with Crippen molar-refractivity contribution in [2.75, 3.05) is 13.1 Å². The number of likely N-dealkylation sites (tertiary alicyclic amines) is 1. The van der Waals surface area contributed by atoms with Gasteiger partial charge in [-0.1, -0.05) is 42.1 Å². The van der Waals surface area contributed by atoms with Gasteiger partial charge in [0.05, 0.1) is 16.1 Å². The van der Waals surface area contributed by atoms with Gasteiger partial charge in [-0.05, 0) is 49.9 Å². The van der Waals surface area contributed by atoms with E-state index in [-0.39, 0.29) is 24.4 Å². The van der Waals surface area contributed by atoms with Crippen LogP contribution < -0.4 is 5.73 Å². The van der Waals surface area contributed by atoms with Crippen LogP contribution in [0.5, 0.6) is 0 Å². The number of carbonyl (C=O) groups is 1. The molecule has 1 aliphatic rings. The Morgan fingerprint density at radius 2 is 1.91 bits per heavy atom. The number of hydrogen-bond acceptors (Lipinski definition) is 2. The van der Waals surface area contributed by atoms with Crippen molar-refractivity contribution in [2.45, 2.75) is 51.0 Å². The molecule has 2 N–H and O–H groups in total. The lowest BCUT2D eigenvalue weighted by atomic mass is 10.0. The van der Waals surface area contributed by atoms with Gasteiger partial charge in [-0.3, -0.25) is 4.79 Å². The number of halogens is 3. The Morgan fingerprint density at radius 1 is 1.17 bits per heavy atom. The van der Waals surface area contributed by atoms with E-state index < -0.39 is 0 Å². The molecule has 3 nitrogen and oxygen atoms in total. The van der Waals surface area contributed by atoms with Crippen LogP contribution in [0.1, 0.15) is 56.6 Å². The zero-order chi connectivity index (χ0) is 15.9. The third-order valence-electron chi connectivity index (χ3n) is 4.25. The number of nitrogens with zero attached hydrogens (tertiary/aromatic N) is 1. The first kappa shape index (κ1) is 20.6. The summed E-state index contributed by atoms with van der Waals surface area (Å²) in [6.45, 7) is 1.58. The second kappa shape index (κ2) is 10.4. The largest absolute Gasteiger partial charge is 0.336 e. The van der Waals surface area contributed by atoms with Gasteiger partial charge in [0.2, 0.25) is 5.91 Å². The standard InChI is InChI=1S/C17H24Cl2N2O.ClH/c18-14-9-8-13(12-15(14)19)16-6-5-11-21(16)17(22)7-3-1-2-4-10-20;/h8-9,12,16H,1-7,10-11,20H2;1H. The van der Waals surface area contributed by atoms with E-state index in [0.29, 0.717) is 16.5 Å². The number of carbonyl (C=O) groups excluding carboxylic acids is 1. The Bertz CT molecular complexity index is 511. The van der Waals surface area contributed by atoms with E-state index in [1.807, 2.05) is 23.1 Å². The van der Waals surface area contributed by atoms with Gasteiger partial charge in [0.25, 0.3) is 0 Å². The average Bonchev–Trinajstić information content (AvgIpc) is 2.99. The van der Waals surface area contributed by atoms with E-state index in [4.69, 9.17) is 28.9 Å². The predicted molar refractivity (Wildman–Crippen MR) is 99.5 cm³/mol. The topological polar surface area (TPSA) is 46.3 Å². The van der Waals surface area contributed by atoms with Crippen molar-refractivity contribution < 1.29 is 4.79 Å². The minimum absolute atomic E-state index is 0. The molecule has 1 atom stereocenters. The summed E-state index contributed by atoms with van der Waals surface area (Å²) in [5.41, 5.74) is 6.57. The van der Waals surface area contributed by atoms with Crippen LogP contribution >= 0.6 is 35.6 Å². The molecule has 1 heterocycles. The number of rotatable bonds is 7. The molecule has 2 rings (SSSR count). The first-order chi connectivity index (χ1) is 10.6. The molecule has 6 heteroatoms. The van der Waals surface area contributed by atoms with Crippen molar-refractivity contribution in [3.63, 3.8) is 0 Å². The molecule has 0 spiro atoms. The quantitative estimate of drug-likeness (QED) is 0.678. The third-order valence-corrected chi connectivity index (χ3v) is 4.99. The summed E-state index contributed by atoms with van der Waals surface area (Å²) in [6, 6.07) is 5.83. The predicted octanol–water partition coefficient (Wildman–Crippen LogP) is 4.99. The molecule has 1 saturated heterocycles. The normalized spacial score (nSPS) is 17.2. The van der Waals surface area contributed by atoms with Gasteiger partial charge >= 0.3 is 0 Å². The number of nitrogens with two attached hydrogens (primary N) is 1. The summed E-state index contributed by atoms with van der Waals surface area (Å²) in [5.74, 6) is 0.251. The number of amides is 1. The molecule has 0 saturated carbocycles. The molecular weight excluding hydrogens is 355 g/mol. The first-order valence-corrected chi connectivity index (χ1v) is 8.83. The Kier molecular flexibility index (Phi) is 9.30. The van der Waals surface area contributed by atoms with Gasteiger partial charge in [-0.2, -0.15) is 0 Å². The smallest absolute Gasteiger partial charge is 0.223 e. The average molecular weight is 380 g/mol. The van der Waals surface area contributed by atoms with E-state index in [0.717, 1.165) is 57.2 Å². The highest BCUT2D eigenvalue weighted by Gasteiger charge is 2.29. The molecule has 1 aliphatic heterocycles. The second-order valence-electron chi connectivity index (χ2n) is 5.87. The fourth-order valence-electron chi connectivity index (χ4n) is 3.05. The SMILES string of the molecule is Cl.NCCCCCCC(=O)N1CCCC1c1ccc(Cl)c(Cl)c1. The molecule has 23 heavy (non-hydrogen) atoms. The van der Waals surface area contributed by atoms with Crippen LogP contribution in [0.3, 0.4) is 0 Å². The third kappa shape index (κ3) is 5.82. The van der Waals surface area contributed by atoms with E-state index in [2.05, 4.69) is 0 Å². The van der Waals surface area contributed by atoms with Gasteiger partial charge < -0.3 is 10.6 Å². The molecule has 1 aromatic carbocycles. The highest BCUT2D eigenvalue weighted by atomic mass is 35.5. The van der Waals surface area contributed by atoms with Crippen molar-refractivity contribution in [3.05, 3.63) is 33.8 Å². The minimum Gasteiger partial charge on any atom is -0.336 e. The van der Waals surface area contributed by atoms with E-state index in [1.165, 1.54) is 0 Å². The van der Waals surface area contributed by atoms with Crippen LogP contribution in [0.4, 0.5) is 0 Å². The van der Waals surface area contributed by atoms with Gasteiger partial charge in [0.1, 0.15) is 0 Å². The van der Waals surface area contributed by atoms with Crippen LogP contribution in [0.15, 0.2) is 18.2 Å². The first-order valence-electron chi connectivity index (χ1n) is 8.08. The number of unbranched alkanes of at least 4 members (excludes halogenated alkanes) is 3. The van der Waals surface area contributed by atoms with Gasteiger partial charge in [-0.15, -0.1) is 12.4 Å². The maximum atomic E-state index is 12.5. The fourth-order valence-corrected chi connectivity index (χ4v) is 3.36. The zero-order valence-electron chi connectivity index (χ0n) is 13.3. The van der Waals surface area contributed by atoms with Crippen molar-refractivity contribution >= 4 is 41.5 Å². The second-order valence-corrected chi connectivity index (χ2v) is 6.69. The Labute approximate surface area is 154 Å². The van der Waals surface area contributed by atoms with Gasteiger partial charge in [-0.25, -0.2) is 0 Å². The van der Waals surface area contributed by atoms with Crippen LogP contribution in [0, 0.1) is 0 Å². The number of benzene rings is 1. The monoisotopic (exact) mass is 378 g/mol. The lowest BCUT2D eigenvalue weighted by molar-refractivity contribution is -0.132. The molecule has 1 fully saturated rings. The Hall–Kier alpha value is -0.480. The summed E-state index contributed by atoms with van der Waals surface area (Å²) >= 11 is 12.1. The fraction of sp³-hybridized carbons (Fsp3) is 0.588. The maximum absolute atomic E-state index is 12.5. The van der Waals surface area contributed by atoms with Gasteiger partial charge in [0, 0.05) is 13.0 Å². The molecule has 0 aromatic heterocycles. The van der Waals surface area contributed by atoms with Crippen molar-refractivity contribution in [3.8, 4) is 0 Å². The molecular formula is C17H25Cl3N2O. The van der Waals surface area contributed by atoms with Crippen molar-refractivity contribution in [1.29, 1.82) is 0 Å². The van der Waals surface area contributed by atoms with E-state index in [1.54, 1.807) is 0 Å². The lowest BCUT2D eigenvalue weighted by Crippen LogP contribution is -2.30. The summed E-state index contributed by atoms with van der Waals surface area (Å²) in [6.07, 6.45) is 6.85. The van der Waals surface area contributed by atoms with E-state index >= 15 is 0 Å². The van der Waals surface area contributed by atoms with Gasteiger partial charge in [0.15, 0.2) is 0 Å². The van der Waals surface area contributed by atoms with E-state index in [9.17, 15) is 4.79 Å². The van der Waals surface area contributed by atoms with Crippen LogP contribution in [0.2, 0.25) is 10.0 Å². The molecule has 0 bridgehead atoms. The lowest BCUT2D eigenvalue weighted by Gasteiger charge is -2.25. The van der Waals surface area contributed by atoms with Crippen LogP contribution in [-0.4, -0.2) is 23.9 Å². The summed E-state index contributed by atoms with van der Waals surface area (Å²) in [5, 5.41) is 1.11. The molecule has 130 valence electrons. The highest BCUT2D eigenvalue weighted by Crippen LogP contribution is 2.35. The molecule has 1 aromatic rings. The summed E-state index contributed by atoms with van der Waals surface area (Å²) in [4.78, 5) is 14.5. The van der Waals surface area contributed by atoms with Crippen molar-refractivity contribution in [1.82, 2.24) is 4.90 Å². The Morgan fingerprint density at radius 3 is 2.61 bits per heavy atom. The molecule has 1 amide bonds. The van der Waals surface area contributed by atoms with Crippen LogP contribution in [0.25, 0.3) is 0 Å². The molecule has 1 unspecified atom stereocenters. The Balaban J connectivity index is 0.00000264. The maximum Gasteiger partial charge on any atom is 0.223 e. The minimum atomic E-state index is 0. The highest BCUT2D eigenvalue weighted by molar-refractivity contribution is 6.42. The van der Waals surface area contributed by atoms with Crippen LogP contribution in [-0.2, 0) is 4.79 Å². The van der Waals surface area contributed by atoms with Crippen molar-refractivity contribution in [2.24, 2.45) is 5.73 Å². The molecule has 0 aliphatic carbocycles. The summed E-state index contributed by atoms with van der Waals surface area (Å²) in [7, 11) is 0. The molecule has 0 radical (unpaired) electrons.